The highest BCUT2D eigenvalue weighted by atomic mass is 16.2. The van der Waals surface area contributed by atoms with E-state index in [4.69, 9.17) is 0 Å². The van der Waals surface area contributed by atoms with E-state index in [-0.39, 0.29) is 18.1 Å². The molecule has 90 valence electrons. The van der Waals surface area contributed by atoms with Crippen LogP contribution in [0.25, 0.3) is 0 Å². The van der Waals surface area contributed by atoms with Gasteiger partial charge in [-0.1, -0.05) is 32.6 Å². The molecule has 0 unspecified atom stereocenters. The first-order valence-electron chi connectivity index (χ1n) is 6.13. The second kappa shape index (κ2) is 8.57. The highest BCUT2D eigenvalue weighted by Crippen LogP contribution is 2.04. The molecule has 0 aromatic carbocycles. The predicted molar refractivity (Wildman–Crippen MR) is 65.0 cm³/mol. The molecule has 15 heavy (non-hydrogen) atoms. The molecule has 0 bridgehead atoms. The molecular formula is C12H26N2O. The number of hydrogen-bond donors (Lipinski definition) is 2. The topological polar surface area (TPSA) is 41.1 Å². The van der Waals surface area contributed by atoms with Gasteiger partial charge in [0.05, 0.1) is 0 Å². The normalized spacial score (nSPS) is 12.6. The molecule has 0 aromatic heterocycles. The zero-order valence-electron chi connectivity index (χ0n) is 10.6. The summed E-state index contributed by atoms with van der Waals surface area (Å²) in [4.78, 5) is 11.3. The van der Waals surface area contributed by atoms with Gasteiger partial charge in [-0.05, 0) is 27.2 Å². The van der Waals surface area contributed by atoms with E-state index in [9.17, 15) is 4.79 Å². The summed E-state index contributed by atoms with van der Waals surface area (Å²) in [5.74, 6) is 0. The standard InChI is InChI=1S/C12H26N2O/c1-5-6-7-8-9-11(4)14-12(15)13-10(2)3/h10-11H,5-9H2,1-4H3,(H2,13,14,15)/t11-/m0/s1. The third-order valence-corrected chi connectivity index (χ3v) is 2.29. The molecule has 3 nitrogen and oxygen atoms in total. The Bertz CT molecular complexity index is 169. The Kier molecular flexibility index (Phi) is 8.15. The number of nitrogens with one attached hydrogen (secondary N) is 2. The van der Waals surface area contributed by atoms with Crippen LogP contribution in [-0.4, -0.2) is 18.1 Å². The van der Waals surface area contributed by atoms with E-state index in [1.165, 1.54) is 25.7 Å². The Morgan fingerprint density at radius 1 is 1.07 bits per heavy atom. The number of amides is 2. The third kappa shape index (κ3) is 9.57. The minimum atomic E-state index is -0.0482. The lowest BCUT2D eigenvalue weighted by Gasteiger charge is -2.15. The average Bonchev–Trinajstić information content (AvgIpc) is 2.10. The summed E-state index contributed by atoms with van der Waals surface area (Å²) in [6, 6.07) is 0.436. The smallest absolute Gasteiger partial charge is 0.315 e. The van der Waals surface area contributed by atoms with Crippen molar-refractivity contribution in [1.29, 1.82) is 0 Å². The molecular weight excluding hydrogens is 188 g/mol. The van der Waals surface area contributed by atoms with E-state index < -0.39 is 0 Å². The van der Waals surface area contributed by atoms with Crippen molar-refractivity contribution < 1.29 is 4.79 Å². The molecule has 0 radical (unpaired) electrons. The van der Waals surface area contributed by atoms with E-state index in [1.807, 2.05) is 13.8 Å². The molecule has 0 fully saturated rings. The van der Waals surface area contributed by atoms with E-state index >= 15 is 0 Å². The second-order valence-corrected chi connectivity index (χ2v) is 4.52. The van der Waals surface area contributed by atoms with Crippen LogP contribution in [0.3, 0.4) is 0 Å². The Hall–Kier alpha value is -0.730. The molecule has 0 aliphatic heterocycles. The molecule has 0 saturated heterocycles. The van der Waals surface area contributed by atoms with Gasteiger partial charge in [-0.15, -0.1) is 0 Å². The van der Waals surface area contributed by atoms with Gasteiger partial charge in [-0.3, -0.25) is 0 Å². The quantitative estimate of drug-likeness (QED) is 0.628. The summed E-state index contributed by atoms with van der Waals surface area (Å²) in [6.07, 6.45) is 6.11. The lowest BCUT2D eigenvalue weighted by atomic mass is 10.1. The van der Waals surface area contributed by atoms with Gasteiger partial charge in [-0.25, -0.2) is 4.79 Å². The van der Waals surface area contributed by atoms with Crippen molar-refractivity contribution in [2.45, 2.75) is 71.9 Å². The summed E-state index contributed by atoms with van der Waals surface area (Å²) >= 11 is 0. The van der Waals surface area contributed by atoms with Crippen LogP contribution in [0.2, 0.25) is 0 Å². The van der Waals surface area contributed by atoms with Gasteiger partial charge in [0.2, 0.25) is 0 Å². The number of rotatable bonds is 7. The lowest BCUT2D eigenvalue weighted by Crippen LogP contribution is -2.43. The van der Waals surface area contributed by atoms with Crippen molar-refractivity contribution in [3.63, 3.8) is 0 Å². The molecule has 0 aromatic rings. The zero-order valence-corrected chi connectivity index (χ0v) is 10.6. The Balaban J connectivity index is 3.46. The summed E-state index contributed by atoms with van der Waals surface area (Å²) in [6.45, 7) is 8.20. The molecule has 3 heteroatoms. The largest absolute Gasteiger partial charge is 0.336 e. The van der Waals surface area contributed by atoms with Crippen LogP contribution >= 0.6 is 0 Å². The Morgan fingerprint density at radius 3 is 2.27 bits per heavy atom. The molecule has 0 aliphatic carbocycles. The Morgan fingerprint density at radius 2 is 1.73 bits per heavy atom. The fourth-order valence-electron chi connectivity index (χ4n) is 1.48. The van der Waals surface area contributed by atoms with Crippen molar-refractivity contribution in [2.24, 2.45) is 0 Å². The molecule has 0 heterocycles. The average molecular weight is 214 g/mol. The lowest BCUT2D eigenvalue weighted by molar-refractivity contribution is 0.234. The van der Waals surface area contributed by atoms with Gasteiger partial charge in [0.15, 0.2) is 0 Å². The number of hydrogen-bond acceptors (Lipinski definition) is 1. The van der Waals surface area contributed by atoms with Crippen molar-refractivity contribution in [2.75, 3.05) is 0 Å². The van der Waals surface area contributed by atoms with Crippen LogP contribution in [0.4, 0.5) is 4.79 Å². The van der Waals surface area contributed by atoms with Crippen LogP contribution in [0, 0.1) is 0 Å². The monoisotopic (exact) mass is 214 g/mol. The van der Waals surface area contributed by atoms with Gasteiger partial charge in [0.25, 0.3) is 0 Å². The first kappa shape index (κ1) is 14.3. The maximum atomic E-state index is 11.3. The second-order valence-electron chi connectivity index (χ2n) is 4.52. The molecule has 1 atom stereocenters. The zero-order chi connectivity index (χ0) is 11.7. The first-order valence-corrected chi connectivity index (χ1v) is 6.13. The van der Waals surface area contributed by atoms with Gasteiger partial charge in [-0.2, -0.15) is 0 Å². The van der Waals surface area contributed by atoms with Crippen LogP contribution in [0.1, 0.15) is 59.8 Å². The molecule has 0 saturated carbocycles. The van der Waals surface area contributed by atoms with E-state index in [2.05, 4.69) is 24.5 Å². The summed E-state index contributed by atoms with van der Waals surface area (Å²) in [5, 5.41) is 5.76. The number of unbranched alkanes of at least 4 members (excludes halogenated alkanes) is 3. The number of carbonyl (C=O) groups is 1. The molecule has 0 aliphatic rings. The van der Waals surface area contributed by atoms with Crippen molar-refractivity contribution in [3.8, 4) is 0 Å². The number of urea groups is 1. The summed E-state index contributed by atoms with van der Waals surface area (Å²) in [7, 11) is 0. The molecule has 2 N–H and O–H groups in total. The minimum absolute atomic E-state index is 0.0482. The van der Waals surface area contributed by atoms with Crippen LogP contribution in [0.15, 0.2) is 0 Å². The third-order valence-electron chi connectivity index (χ3n) is 2.29. The van der Waals surface area contributed by atoms with Crippen LogP contribution in [0.5, 0.6) is 0 Å². The fourth-order valence-corrected chi connectivity index (χ4v) is 1.48. The van der Waals surface area contributed by atoms with Gasteiger partial charge >= 0.3 is 6.03 Å². The van der Waals surface area contributed by atoms with Crippen molar-refractivity contribution in [1.82, 2.24) is 10.6 Å². The molecule has 2 amide bonds. The minimum Gasteiger partial charge on any atom is -0.336 e. The van der Waals surface area contributed by atoms with Gasteiger partial charge < -0.3 is 10.6 Å². The van der Waals surface area contributed by atoms with Crippen LogP contribution < -0.4 is 10.6 Å². The SMILES string of the molecule is CCCCCC[C@H](C)NC(=O)NC(C)C. The maximum Gasteiger partial charge on any atom is 0.315 e. The molecule has 0 rings (SSSR count). The summed E-state index contributed by atoms with van der Waals surface area (Å²) in [5.41, 5.74) is 0. The van der Waals surface area contributed by atoms with Gasteiger partial charge in [0.1, 0.15) is 0 Å². The van der Waals surface area contributed by atoms with E-state index in [0.29, 0.717) is 0 Å². The fraction of sp³-hybridized carbons (Fsp3) is 0.917. The van der Waals surface area contributed by atoms with E-state index in [1.54, 1.807) is 0 Å². The van der Waals surface area contributed by atoms with Crippen LogP contribution in [-0.2, 0) is 0 Å². The highest BCUT2D eigenvalue weighted by molar-refractivity contribution is 5.74. The Labute approximate surface area is 94.0 Å². The highest BCUT2D eigenvalue weighted by Gasteiger charge is 2.06. The van der Waals surface area contributed by atoms with Gasteiger partial charge in [0, 0.05) is 12.1 Å². The maximum absolute atomic E-state index is 11.3. The van der Waals surface area contributed by atoms with Crippen molar-refractivity contribution >= 4 is 6.03 Å². The first-order chi connectivity index (χ1) is 7.06. The van der Waals surface area contributed by atoms with Crippen molar-refractivity contribution in [3.05, 3.63) is 0 Å². The predicted octanol–water partition coefficient (Wildman–Crippen LogP) is 3.05. The molecule has 0 spiro atoms. The van der Waals surface area contributed by atoms with E-state index in [0.717, 1.165) is 6.42 Å². The number of carbonyl (C=O) groups excluding carboxylic acids is 1. The summed E-state index contributed by atoms with van der Waals surface area (Å²) < 4.78 is 0.